The number of furan rings is 1. The number of aliphatic imine (C=N–C) groups is 1. The topological polar surface area (TPSA) is 58.8 Å². The number of ether oxygens (including phenoxy) is 1. The van der Waals surface area contributed by atoms with Gasteiger partial charge in [-0.2, -0.15) is 0 Å². The van der Waals surface area contributed by atoms with Crippen molar-refractivity contribution in [1.29, 1.82) is 0 Å². The first-order valence-electron chi connectivity index (χ1n) is 8.05. The van der Waals surface area contributed by atoms with Crippen LogP contribution in [0.5, 0.6) is 0 Å². The van der Waals surface area contributed by atoms with Gasteiger partial charge in [-0.3, -0.25) is 4.99 Å². The van der Waals surface area contributed by atoms with E-state index in [9.17, 15) is 0 Å². The maximum Gasteiger partial charge on any atom is 0.191 e. The molecule has 22 heavy (non-hydrogen) atoms. The Hall–Kier alpha value is -1.49. The highest BCUT2D eigenvalue weighted by Crippen LogP contribution is 2.51. The molecule has 0 spiro atoms. The van der Waals surface area contributed by atoms with Crippen molar-refractivity contribution in [2.75, 3.05) is 20.2 Å². The molecule has 5 nitrogen and oxygen atoms in total. The Kier molecular flexibility index (Phi) is 5.16. The van der Waals surface area contributed by atoms with Crippen LogP contribution in [0.25, 0.3) is 0 Å². The molecule has 1 fully saturated rings. The van der Waals surface area contributed by atoms with Gasteiger partial charge in [-0.25, -0.2) is 0 Å². The van der Waals surface area contributed by atoms with Gasteiger partial charge in [0, 0.05) is 38.1 Å². The third-order valence-electron chi connectivity index (χ3n) is 5.14. The van der Waals surface area contributed by atoms with Crippen molar-refractivity contribution in [2.45, 2.75) is 52.2 Å². The Morgan fingerprint density at radius 1 is 1.45 bits per heavy atom. The third kappa shape index (κ3) is 3.29. The lowest BCUT2D eigenvalue weighted by atomic mass is 9.56. The molecule has 124 valence electrons. The van der Waals surface area contributed by atoms with Crippen molar-refractivity contribution in [3.05, 3.63) is 24.2 Å². The molecule has 2 atom stereocenters. The van der Waals surface area contributed by atoms with Crippen molar-refractivity contribution in [2.24, 2.45) is 10.4 Å². The Bertz CT molecular complexity index is 496. The molecule has 2 rings (SSSR count). The zero-order valence-electron chi connectivity index (χ0n) is 14.4. The summed E-state index contributed by atoms with van der Waals surface area (Å²) in [5, 5.41) is 6.85. The monoisotopic (exact) mass is 307 g/mol. The molecule has 2 N–H and O–H groups in total. The highest BCUT2D eigenvalue weighted by atomic mass is 16.5. The van der Waals surface area contributed by atoms with E-state index in [1.165, 1.54) is 0 Å². The Labute approximate surface area is 133 Å². The zero-order valence-corrected chi connectivity index (χ0v) is 14.4. The minimum atomic E-state index is -0.0733. The van der Waals surface area contributed by atoms with Gasteiger partial charge in [0.1, 0.15) is 5.76 Å². The predicted molar refractivity (Wildman–Crippen MR) is 89.1 cm³/mol. The van der Waals surface area contributed by atoms with Gasteiger partial charge in [-0.05, 0) is 32.4 Å². The van der Waals surface area contributed by atoms with Gasteiger partial charge < -0.3 is 19.8 Å². The van der Waals surface area contributed by atoms with E-state index >= 15 is 0 Å². The summed E-state index contributed by atoms with van der Waals surface area (Å²) in [6, 6.07) is 4.25. The van der Waals surface area contributed by atoms with Crippen molar-refractivity contribution < 1.29 is 9.15 Å². The molecule has 0 radical (unpaired) electrons. The molecular weight excluding hydrogens is 278 g/mol. The fourth-order valence-corrected chi connectivity index (χ4v) is 2.94. The van der Waals surface area contributed by atoms with E-state index in [2.05, 4.69) is 43.3 Å². The highest BCUT2D eigenvalue weighted by Gasteiger charge is 2.58. The van der Waals surface area contributed by atoms with Crippen LogP contribution < -0.4 is 10.6 Å². The summed E-state index contributed by atoms with van der Waals surface area (Å²) in [5.74, 6) is 1.83. The average Bonchev–Trinajstić information content (AvgIpc) is 2.99. The first-order chi connectivity index (χ1) is 10.4. The standard InChI is InChI=1S/C17H29N3O2/c1-6-18-15(19-10-9-13-8-7-11-22-13)20-14-12-17(4,21-5)16(14,2)3/h7-8,11,14H,6,9-10,12H2,1-5H3,(H2,18,19,20). The zero-order chi connectivity index (χ0) is 16.2. The molecular formula is C17H29N3O2. The van der Waals surface area contributed by atoms with Crippen LogP contribution >= 0.6 is 0 Å². The first kappa shape index (κ1) is 16.9. The van der Waals surface area contributed by atoms with Crippen molar-refractivity contribution in [3.63, 3.8) is 0 Å². The lowest BCUT2D eigenvalue weighted by molar-refractivity contribution is -0.176. The highest BCUT2D eigenvalue weighted by molar-refractivity contribution is 5.80. The van der Waals surface area contributed by atoms with Crippen LogP contribution in [0.3, 0.4) is 0 Å². The summed E-state index contributed by atoms with van der Waals surface area (Å²) in [5.41, 5.74) is -0.00485. The van der Waals surface area contributed by atoms with Gasteiger partial charge in [0.05, 0.1) is 11.9 Å². The van der Waals surface area contributed by atoms with Crippen LogP contribution in [0.2, 0.25) is 0 Å². The Morgan fingerprint density at radius 3 is 2.77 bits per heavy atom. The summed E-state index contributed by atoms with van der Waals surface area (Å²) in [4.78, 5) is 4.64. The van der Waals surface area contributed by atoms with Gasteiger partial charge >= 0.3 is 0 Å². The van der Waals surface area contributed by atoms with Crippen LogP contribution in [0.4, 0.5) is 0 Å². The minimum Gasteiger partial charge on any atom is -0.469 e. The lowest BCUT2D eigenvalue weighted by Crippen LogP contribution is -2.69. The molecule has 2 unspecified atom stereocenters. The number of hydrogen-bond donors (Lipinski definition) is 2. The van der Waals surface area contributed by atoms with Gasteiger partial charge in [0.2, 0.25) is 0 Å². The number of nitrogens with one attached hydrogen (secondary N) is 2. The molecule has 0 saturated heterocycles. The lowest BCUT2D eigenvalue weighted by Gasteiger charge is -2.59. The fraction of sp³-hybridized carbons (Fsp3) is 0.706. The van der Waals surface area contributed by atoms with Crippen LogP contribution in [-0.2, 0) is 11.2 Å². The second kappa shape index (κ2) is 6.73. The number of hydrogen-bond acceptors (Lipinski definition) is 3. The molecule has 0 bridgehead atoms. The van der Waals surface area contributed by atoms with Gasteiger partial charge in [-0.1, -0.05) is 13.8 Å². The smallest absolute Gasteiger partial charge is 0.191 e. The van der Waals surface area contributed by atoms with E-state index in [0.29, 0.717) is 12.6 Å². The van der Waals surface area contributed by atoms with Crippen molar-refractivity contribution in [3.8, 4) is 0 Å². The van der Waals surface area contributed by atoms with E-state index < -0.39 is 0 Å². The van der Waals surface area contributed by atoms with Crippen LogP contribution in [-0.4, -0.2) is 37.8 Å². The maximum absolute atomic E-state index is 5.68. The maximum atomic E-state index is 5.68. The van der Waals surface area contributed by atoms with Gasteiger partial charge in [-0.15, -0.1) is 0 Å². The van der Waals surface area contributed by atoms with Crippen molar-refractivity contribution >= 4 is 5.96 Å². The quantitative estimate of drug-likeness (QED) is 0.626. The largest absolute Gasteiger partial charge is 0.469 e. The first-order valence-corrected chi connectivity index (χ1v) is 8.05. The number of nitrogens with zero attached hydrogens (tertiary/aromatic N) is 1. The predicted octanol–water partition coefficient (Wildman–Crippen LogP) is 2.58. The number of methoxy groups -OCH3 is 1. The fourth-order valence-electron chi connectivity index (χ4n) is 2.94. The van der Waals surface area contributed by atoms with E-state index in [-0.39, 0.29) is 11.0 Å². The second-order valence-electron chi connectivity index (χ2n) is 6.65. The van der Waals surface area contributed by atoms with E-state index in [4.69, 9.17) is 9.15 Å². The van der Waals surface area contributed by atoms with E-state index in [0.717, 1.165) is 31.1 Å². The molecule has 1 aliphatic rings. The molecule has 1 saturated carbocycles. The van der Waals surface area contributed by atoms with Gasteiger partial charge in [0.15, 0.2) is 5.96 Å². The molecule has 0 aliphatic heterocycles. The molecule has 0 aromatic carbocycles. The number of rotatable bonds is 6. The summed E-state index contributed by atoms with van der Waals surface area (Å²) in [7, 11) is 1.79. The van der Waals surface area contributed by atoms with E-state index in [1.807, 2.05) is 12.1 Å². The number of guanidine groups is 1. The van der Waals surface area contributed by atoms with Crippen LogP contribution in [0.15, 0.2) is 27.8 Å². The molecule has 1 heterocycles. The average molecular weight is 307 g/mol. The van der Waals surface area contributed by atoms with Crippen molar-refractivity contribution in [1.82, 2.24) is 10.6 Å². The minimum absolute atomic E-state index is 0.0684. The van der Waals surface area contributed by atoms with Crippen LogP contribution in [0, 0.1) is 5.41 Å². The summed E-state index contributed by atoms with van der Waals surface area (Å²) in [6.45, 7) is 10.3. The van der Waals surface area contributed by atoms with E-state index in [1.54, 1.807) is 13.4 Å². The summed E-state index contributed by atoms with van der Waals surface area (Å²) in [6.07, 6.45) is 3.50. The normalized spacial score (nSPS) is 27.3. The summed E-state index contributed by atoms with van der Waals surface area (Å²) >= 11 is 0. The second-order valence-corrected chi connectivity index (χ2v) is 6.65. The molecule has 5 heteroatoms. The molecule has 1 aromatic heterocycles. The van der Waals surface area contributed by atoms with Crippen LogP contribution in [0.1, 0.15) is 39.9 Å². The molecule has 0 amide bonds. The Morgan fingerprint density at radius 2 is 2.23 bits per heavy atom. The third-order valence-corrected chi connectivity index (χ3v) is 5.14. The Balaban J connectivity index is 1.92. The van der Waals surface area contributed by atoms with Gasteiger partial charge in [0.25, 0.3) is 0 Å². The summed E-state index contributed by atoms with van der Waals surface area (Å²) < 4.78 is 11.0. The SMILES string of the molecule is CCNC(=NCCc1ccco1)NC1CC(C)(OC)C1(C)C. The molecule has 1 aromatic rings. The molecule has 1 aliphatic carbocycles.